The summed E-state index contributed by atoms with van der Waals surface area (Å²) < 4.78 is 23.0. The van der Waals surface area contributed by atoms with E-state index >= 15 is 0 Å². The summed E-state index contributed by atoms with van der Waals surface area (Å²) in [6.07, 6.45) is 4.74. The molecule has 5 rings (SSSR count). The van der Waals surface area contributed by atoms with E-state index in [1.165, 1.54) is 19.3 Å². The van der Waals surface area contributed by atoms with Gasteiger partial charge in [0.05, 0.1) is 13.7 Å². The molecule has 1 unspecified atom stereocenters. The van der Waals surface area contributed by atoms with Crippen molar-refractivity contribution in [2.75, 3.05) is 20.3 Å². The topological polar surface area (TPSA) is 69.9 Å². The van der Waals surface area contributed by atoms with Crippen LogP contribution in [0.2, 0.25) is 0 Å². The standard InChI is InChI=1S/C29H29NO5/c1-32-24-14-15-25-26(19-24)35-29(31)28(34-23-8-3-2-4-9-23)27(25)20-10-12-22(13-11-20)33-18-16-21-7-5-6-17-30-21/h2-4,8-15,19,21,30H,5-7,16-18H2,1H3. The molecule has 2 heterocycles. The molecule has 1 N–H and O–H groups in total. The molecule has 1 atom stereocenters. The minimum Gasteiger partial charge on any atom is -0.497 e. The Morgan fingerprint density at radius 1 is 0.943 bits per heavy atom. The van der Waals surface area contributed by atoms with E-state index in [0.717, 1.165) is 29.7 Å². The normalized spacial score (nSPS) is 15.6. The Morgan fingerprint density at radius 3 is 2.49 bits per heavy atom. The van der Waals surface area contributed by atoms with Crippen LogP contribution in [0.25, 0.3) is 22.1 Å². The molecule has 35 heavy (non-hydrogen) atoms. The van der Waals surface area contributed by atoms with Crippen LogP contribution in [0.3, 0.4) is 0 Å². The van der Waals surface area contributed by atoms with E-state index in [1.54, 1.807) is 25.3 Å². The molecule has 1 aliphatic heterocycles. The first-order valence-electron chi connectivity index (χ1n) is 12.1. The quantitative estimate of drug-likeness (QED) is 0.310. The van der Waals surface area contributed by atoms with E-state index < -0.39 is 5.63 Å². The Kier molecular flexibility index (Phi) is 7.00. The van der Waals surface area contributed by atoms with Gasteiger partial charge in [-0.15, -0.1) is 0 Å². The number of piperidine rings is 1. The zero-order valence-electron chi connectivity index (χ0n) is 19.8. The highest BCUT2D eigenvalue weighted by atomic mass is 16.5. The molecule has 0 radical (unpaired) electrons. The van der Waals surface area contributed by atoms with E-state index in [4.69, 9.17) is 18.6 Å². The minimum atomic E-state index is -0.551. The first kappa shape index (κ1) is 23.0. The summed E-state index contributed by atoms with van der Waals surface area (Å²) in [6.45, 7) is 1.76. The minimum absolute atomic E-state index is 0.144. The number of fused-ring (bicyclic) bond motifs is 1. The molecule has 0 bridgehead atoms. The van der Waals surface area contributed by atoms with Crippen molar-refractivity contribution in [3.8, 4) is 34.1 Å². The maximum absolute atomic E-state index is 13.0. The van der Waals surface area contributed by atoms with E-state index in [9.17, 15) is 4.79 Å². The van der Waals surface area contributed by atoms with Crippen LogP contribution in [-0.4, -0.2) is 26.3 Å². The second-order valence-electron chi connectivity index (χ2n) is 8.68. The van der Waals surface area contributed by atoms with Crippen LogP contribution in [0.5, 0.6) is 23.0 Å². The Hall–Kier alpha value is -3.77. The molecule has 0 amide bonds. The fraction of sp³-hybridized carbons (Fsp3) is 0.276. The maximum Gasteiger partial charge on any atom is 0.380 e. The summed E-state index contributed by atoms with van der Waals surface area (Å²) in [7, 11) is 1.58. The van der Waals surface area contributed by atoms with Crippen molar-refractivity contribution in [3.63, 3.8) is 0 Å². The largest absolute Gasteiger partial charge is 0.497 e. The molecule has 0 spiro atoms. The van der Waals surface area contributed by atoms with Crippen molar-refractivity contribution in [2.24, 2.45) is 0 Å². The van der Waals surface area contributed by atoms with Gasteiger partial charge in [0, 0.05) is 23.1 Å². The third-order valence-electron chi connectivity index (χ3n) is 6.33. The highest BCUT2D eigenvalue weighted by molar-refractivity contribution is 5.97. The highest BCUT2D eigenvalue weighted by Crippen LogP contribution is 2.38. The van der Waals surface area contributed by atoms with Crippen molar-refractivity contribution in [2.45, 2.75) is 31.7 Å². The van der Waals surface area contributed by atoms with Gasteiger partial charge in [-0.3, -0.25) is 0 Å². The summed E-state index contributed by atoms with van der Waals surface area (Å²) >= 11 is 0. The van der Waals surface area contributed by atoms with E-state index in [0.29, 0.717) is 35.3 Å². The average Bonchev–Trinajstić information content (AvgIpc) is 2.90. The van der Waals surface area contributed by atoms with Gasteiger partial charge >= 0.3 is 5.63 Å². The van der Waals surface area contributed by atoms with Crippen LogP contribution in [0.15, 0.2) is 82.0 Å². The van der Waals surface area contributed by atoms with Crippen molar-refractivity contribution in [1.82, 2.24) is 5.32 Å². The zero-order chi connectivity index (χ0) is 24.0. The predicted octanol–water partition coefficient (Wildman–Crippen LogP) is 6.17. The van der Waals surface area contributed by atoms with Crippen LogP contribution in [0.4, 0.5) is 0 Å². The second-order valence-corrected chi connectivity index (χ2v) is 8.68. The van der Waals surface area contributed by atoms with Gasteiger partial charge in [0.15, 0.2) is 0 Å². The van der Waals surface area contributed by atoms with Gasteiger partial charge in [-0.1, -0.05) is 36.8 Å². The molecule has 6 nitrogen and oxygen atoms in total. The van der Waals surface area contributed by atoms with Crippen LogP contribution < -0.4 is 25.2 Å². The van der Waals surface area contributed by atoms with Gasteiger partial charge in [-0.25, -0.2) is 4.79 Å². The number of para-hydroxylation sites is 1. The number of rotatable bonds is 8. The van der Waals surface area contributed by atoms with Gasteiger partial charge in [-0.05, 0) is 67.8 Å². The molecule has 180 valence electrons. The lowest BCUT2D eigenvalue weighted by Gasteiger charge is -2.23. The Balaban J connectivity index is 1.46. The van der Waals surface area contributed by atoms with Crippen molar-refractivity contribution < 1.29 is 18.6 Å². The van der Waals surface area contributed by atoms with Gasteiger partial charge in [-0.2, -0.15) is 0 Å². The fourth-order valence-corrected chi connectivity index (χ4v) is 4.48. The fourth-order valence-electron chi connectivity index (χ4n) is 4.48. The molecule has 1 aliphatic rings. The smallest absolute Gasteiger partial charge is 0.380 e. The van der Waals surface area contributed by atoms with Gasteiger partial charge in [0.25, 0.3) is 0 Å². The lowest BCUT2D eigenvalue weighted by molar-refractivity contribution is 0.268. The lowest BCUT2D eigenvalue weighted by atomic mass is 10.0. The van der Waals surface area contributed by atoms with Gasteiger partial charge in [0.2, 0.25) is 5.75 Å². The predicted molar refractivity (Wildman–Crippen MR) is 137 cm³/mol. The number of nitrogens with one attached hydrogen (secondary N) is 1. The van der Waals surface area contributed by atoms with Crippen LogP contribution in [0.1, 0.15) is 25.7 Å². The molecule has 0 aliphatic carbocycles. The number of hydrogen-bond donors (Lipinski definition) is 1. The monoisotopic (exact) mass is 471 g/mol. The Bertz CT molecular complexity index is 1330. The highest BCUT2D eigenvalue weighted by Gasteiger charge is 2.19. The molecule has 1 aromatic heterocycles. The lowest BCUT2D eigenvalue weighted by Crippen LogP contribution is -2.35. The summed E-state index contributed by atoms with van der Waals surface area (Å²) in [5, 5.41) is 4.31. The SMILES string of the molecule is COc1ccc2c(-c3ccc(OCCC4CCCCN4)cc3)c(Oc3ccccc3)c(=O)oc2c1. The molecular formula is C29H29NO5. The molecule has 0 saturated carbocycles. The summed E-state index contributed by atoms with van der Waals surface area (Å²) in [5.41, 5.74) is 1.39. The molecule has 1 saturated heterocycles. The van der Waals surface area contributed by atoms with Crippen molar-refractivity contribution >= 4 is 11.0 Å². The number of methoxy groups -OCH3 is 1. The molecule has 3 aromatic carbocycles. The third-order valence-corrected chi connectivity index (χ3v) is 6.33. The number of ether oxygens (including phenoxy) is 3. The summed E-state index contributed by atoms with van der Waals surface area (Å²) in [4.78, 5) is 13.0. The first-order chi connectivity index (χ1) is 17.2. The van der Waals surface area contributed by atoms with E-state index in [2.05, 4.69) is 5.32 Å². The van der Waals surface area contributed by atoms with Crippen LogP contribution in [-0.2, 0) is 0 Å². The third kappa shape index (κ3) is 5.33. The molecule has 4 aromatic rings. The Morgan fingerprint density at radius 2 is 1.74 bits per heavy atom. The van der Waals surface area contributed by atoms with E-state index in [1.807, 2.05) is 54.6 Å². The van der Waals surface area contributed by atoms with Crippen LogP contribution >= 0.6 is 0 Å². The second kappa shape index (κ2) is 10.7. The molecule has 6 heteroatoms. The number of hydrogen-bond acceptors (Lipinski definition) is 6. The van der Waals surface area contributed by atoms with E-state index in [-0.39, 0.29) is 5.75 Å². The maximum atomic E-state index is 13.0. The van der Waals surface area contributed by atoms with Gasteiger partial charge in [0.1, 0.15) is 22.8 Å². The zero-order valence-corrected chi connectivity index (χ0v) is 19.8. The number of benzene rings is 3. The summed E-state index contributed by atoms with van der Waals surface area (Å²) in [5.74, 6) is 2.11. The van der Waals surface area contributed by atoms with Crippen molar-refractivity contribution in [3.05, 3.63) is 83.2 Å². The van der Waals surface area contributed by atoms with Gasteiger partial charge < -0.3 is 23.9 Å². The summed E-state index contributed by atoms with van der Waals surface area (Å²) in [6, 6.07) is 23.0. The average molecular weight is 472 g/mol. The van der Waals surface area contributed by atoms with Crippen molar-refractivity contribution in [1.29, 1.82) is 0 Å². The first-order valence-corrected chi connectivity index (χ1v) is 12.1. The molecule has 1 fully saturated rings. The molecular weight excluding hydrogens is 442 g/mol. The Labute approximate surface area is 204 Å². The van der Waals surface area contributed by atoms with Crippen LogP contribution in [0, 0.1) is 0 Å².